The first kappa shape index (κ1) is 12.5. The van der Waals surface area contributed by atoms with E-state index in [-0.39, 0.29) is 5.91 Å². The summed E-state index contributed by atoms with van der Waals surface area (Å²) in [4.78, 5) is 16.3. The summed E-state index contributed by atoms with van der Waals surface area (Å²) in [7, 11) is 0. The van der Waals surface area contributed by atoms with Crippen molar-refractivity contribution in [1.29, 1.82) is 0 Å². The molecular formula is C13H20N4O2. The van der Waals surface area contributed by atoms with Crippen molar-refractivity contribution in [1.82, 2.24) is 14.9 Å². The van der Waals surface area contributed by atoms with Crippen molar-refractivity contribution in [3.63, 3.8) is 0 Å². The number of aromatic nitrogens is 2. The molecule has 104 valence electrons. The lowest BCUT2D eigenvalue weighted by Gasteiger charge is -2.14. The number of carbonyl (C=O) groups is 1. The first-order valence-electron chi connectivity index (χ1n) is 7.00. The average molecular weight is 264 g/mol. The minimum atomic E-state index is -0.0809. The van der Waals surface area contributed by atoms with Crippen molar-refractivity contribution in [2.45, 2.75) is 25.8 Å². The topological polar surface area (TPSA) is 68.2 Å². The second-order valence-corrected chi connectivity index (χ2v) is 5.20. The molecule has 1 unspecified atom stereocenters. The van der Waals surface area contributed by atoms with Crippen LogP contribution in [0, 0.1) is 5.92 Å². The highest BCUT2D eigenvalue weighted by Crippen LogP contribution is 2.16. The Labute approximate surface area is 112 Å². The third-order valence-electron chi connectivity index (χ3n) is 3.73. The smallest absolute Gasteiger partial charge is 0.271 e. The molecule has 0 saturated carbocycles. The van der Waals surface area contributed by atoms with Gasteiger partial charge in [-0.2, -0.15) is 0 Å². The maximum Gasteiger partial charge on any atom is 0.271 e. The molecule has 1 aromatic heterocycles. The third-order valence-corrected chi connectivity index (χ3v) is 3.73. The number of carbonyl (C=O) groups excluding carboxylic acids is 1. The third kappa shape index (κ3) is 2.89. The average Bonchev–Trinajstić information content (AvgIpc) is 3.07. The minimum absolute atomic E-state index is 0.0809. The van der Waals surface area contributed by atoms with Gasteiger partial charge in [0.2, 0.25) is 5.95 Å². The number of anilines is 1. The summed E-state index contributed by atoms with van der Waals surface area (Å²) in [6, 6.07) is 0. The second kappa shape index (κ2) is 5.61. The number of nitrogens with zero attached hydrogens (tertiary/aromatic N) is 2. The van der Waals surface area contributed by atoms with E-state index in [1.54, 1.807) is 0 Å². The van der Waals surface area contributed by atoms with Gasteiger partial charge in [-0.15, -0.1) is 0 Å². The standard InChI is InChI=1S/C13H20N4O2/c18-12(14-5-2-10-3-7-19-9-10)11-8-17-6-1-4-15-13(17)16-11/h8,10H,1-7,9H2,(H,14,18)(H,15,16). The summed E-state index contributed by atoms with van der Waals surface area (Å²) in [6.45, 7) is 4.25. The number of nitrogens with one attached hydrogen (secondary N) is 2. The van der Waals surface area contributed by atoms with Crippen LogP contribution in [-0.4, -0.2) is 41.8 Å². The predicted octanol–water partition coefficient (Wildman–Crippen LogP) is 0.855. The largest absolute Gasteiger partial charge is 0.381 e. The van der Waals surface area contributed by atoms with E-state index in [0.717, 1.165) is 51.5 Å². The number of amides is 1. The monoisotopic (exact) mass is 264 g/mol. The van der Waals surface area contributed by atoms with Gasteiger partial charge in [0.25, 0.3) is 5.91 Å². The molecule has 0 aromatic carbocycles. The van der Waals surface area contributed by atoms with E-state index in [9.17, 15) is 4.79 Å². The highest BCUT2D eigenvalue weighted by Gasteiger charge is 2.18. The molecule has 0 bridgehead atoms. The Hall–Kier alpha value is -1.56. The van der Waals surface area contributed by atoms with Gasteiger partial charge in [0.1, 0.15) is 5.69 Å². The van der Waals surface area contributed by atoms with Crippen LogP contribution in [0.15, 0.2) is 6.20 Å². The highest BCUT2D eigenvalue weighted by atomic mass is 16.5. The van der Waals surface area contributed by atoms with E-state index in [0.29, 0.717) is 18.2 Å². The maximum atomic E-state index is 12.0. The van der Waals surface area contributed by atoms with E-state index in [2.05, 4.69) is 15.6 Å². The molecule has 0 spiro atoms. The van der Waals surface area contributed by atoms with Gasteiger partial charge >= 0.3 is 0 Å². The molecule has 0 radical (unpaired) electrons. The van der Waals surface area contributed by atoms with E-state index in [4.69, 9.17) is 4.74 Å². The van der Waals surface area contributed by atoms with Crippen LogP contribution in [0.3, 0.4) is 0 Å². The number of ether oxygens (including phenoxy) is 1. The summed E-state index contributed by atoms with van der Waals surface area (Å²) < 4.78 is 7.32. The molecule has 1 amide bonds. The number of hydrogen-bond acceptors (Lipinski definition) is 4. The van der Waals surface area contributed by atoms with Crippen molar-refractivity contribution >= 4 is 11.9 Å². The van der Waals surface area contributed by atoms with Gasteiger partial charge in [-0.3, -0.25) is 4.79 Å². The summed E-state index contributed by atoms with van der Waals surface area (Å²) in [5, 5.41) is 6.13. The summed E-state index contributed by atoms with van der Waals surface area (Å²) in [6.07, 6.45) is 5.00. The number of imidazole rings is 1. The lowest BCUT2D eigenvalue weighted by atomic mass is 10.1. The molecule has 2 N–H and O–H groups in total. The van der Waals surface area contributed by atoms with Gasteiger partial charge < -0.3 is 19.9 Å². The fourth-order valence-electron chi connectivity index (χ4n) is 2.58. The van der Waals surface area contributed by atoms with Crippen molar-refractivity contribution in [3.8, 4) is 0 Å². The Kier molecular flexibility index (Phi) is 3.68. The molecule has 6 heteroatoms. The Morgan fingerprint density at radius 2 is 2.58 bits per heavy atom. The van der Waals surface area contributed by atoms with Gasteiger partial charge in [-0.05, 0) is 25.2 Å². The fraction of sp³-hybridized carbons (Fsp3) is 0.692. The van der Waals surface area contributed by atoms with Crippen LogP contribution in [-0.2, 0) is 11.3 Å². The van der Waals surface area contributed by atoms with Crippen LogP contribution >= 0.6 is 0 Å². The number of fused-ring (bicyclic) bond motifs is 1. The Morgan fingerprint density at radius 1 is 1.63 bits per heavy atom. The first-order chi connectivity index (χ1) is 9.33. The van der Waals surface area contributed by atoms with Crippen molar-refractivity contribution in [3.05, 3.63) is 11.9 Å². The molecule has 2 aliphatic heterocycles. The molecular weight excluding hydrogens is 244 g/mol. The molecule has 3 heterocycles. The quantitative estimate of drug-likeness (QED) is 0.846. The number of aryl methyl sites for hydroxylation is 1. The summed E-state index contributed by atoms with van der Waals surface area (Å²) in [5.74, 6) is 1.32. The first-order valence-corrected chi connectivity index (χ1v) is 7.00. The zero-order valence-electron chi connectivity index (χ0n) is 11.0. The molecule has 19 heavy (non-hydrogen) atoms. The fourth-order valence-corrected chi connectivity index (χ4v) is 2.58. The number of hydrogen-bond donors (Lipinski definition) is 2. The summed E-state index contributed by atoms with van der Waals surface area (Å²) in [5.41, 5.74) is 0.507. The molecule has 1 fully saturated rings. The predicted molar refractivity (Wildman–Crippen MR) is 71.2 cm³/mol. The Bertz CT molecular complexity index is 428. The van der Waals surface area contributed by atoms with Crippen LogP contribution in [0.2, 0.25) is 0 Å². The lowest BCUT2D eigenvalue weighted by molar-refractivity contribution is 0.0946. The molecule has 1 atom stereocenters. The van der Waals surface area contributed by atoms with E-state index in [1.165, 1.54) is 0 Å². The molecule has 1 aromatic rings. The van der Waals surface area contributed by atoms with Gasteiger partial charge in [-0.25, -0.2) is 4.98 Å². The second-order valence-electron chi connectivity index (χ2n) is 5.20. The van der Waals surface area contributed by atoms with Crippen molar-refractivity contribution in [2.75, 3.05) is 31.6 Å². The van der Waals surface area contributed by atoms with Crippen LogP contribution in [0.1, 0.15) is 29.8 Å². The minimum Gasteiger partial charge on any atom is -0.381 e. The summed E-state index contributed by atoms with van der Waals surface area (Å²) >= 11 is 0. The van der Waals surface area contributed by atoms with E-state index in [1.807, 2.05) is 10.8 Å². The van der Waals surface area contributed by atoms with Crippen LogP contribution in [0.25, 0.3) is 0 Å². The van der Waals surface area contributed by atoms with Gasteiger partial charge in [0.15, 0.2) is 0 Å². The lowest BCUT2D eigenvalue weighted by Crippen LogP contribution is -2.26. The van der Waals surface area contributed by atoms with E-state index >= 15 is 0 Å². The van der Waals surface area contributed by atoms with Gasteiger partial charge in [-0.1, -0.05) is 0 Å². The Balaban J connectivity index is 1.50. The van der Waals surface area contributed by atoms with E-state index < -0.39 is 0 Å². The zero-order valence-corrected chi connectivity index (χ0v) is 11.0. The molecule has 1 saturated heterocycles. The SMILES string of the molecule is O=C(NCCC1CCOC1)c1cn2c(n1)NCCC2. The highest BCUT2D eigenvalue weighted by molar-refractivity contribution is 5.92. The van der Waals surface area contributed by atoms with Gasteiger partial charge in [0.05, 0.1) is 0 Å². The van der Waals surface area contributed by atoms with Crippen LogP contribution < -0.4 is 10.6 Å². The maximum absolute atomic E-state index is 12.0. The van der Waals surface area contributed by atoms with Crippen LogP contribution in [0.5, 0.6) is 0 Å². The molecule has 6 nitrogen and oxygen atoms in total. The van der Waals surface area contributed by atoms with Crippen LogP contribution in [0.4, 0.5) is 5.95 Å². The molecule has 3 rings (SSSR count). The Morgan fingerprint density at radius 3 is 3.37 bits per heavy atom. The van der Waals surface area contributed by atoms with Crippen molar-refractivity contribution < 1.29 is 9.53 Å². The number of rotatable bonds is 4. The molecule has 0 aliphatic carbocycles. The zero-order chi connectivity index (χ0) is 13.1. The van der Waals surface area contributed by atoms with Gasteiger partial charge in [0, 0.05) is 39.0 Å². The van der Waals surface area contributed by atoms with Crippen molar-refractivity contribution in [2.24, 2.45) is 5.92 Å². The molecule has 2 aliphatic rings. The normalized spacial score (nSPS) is 21.8.